The Labute approximate surface area is 115 Å². The number of carbonyl (C=O) groups is 1. The largest absolute Gasteiger partial charge is 0.329 e. The molecule has 3 heterocycles. The number of hydrogen-bond donors (Lipinski definition) is 0. The number of carbonyl (C=O) groups excluding carboxylic acids is 1. The molecule has 2 aliphatic heterocycles. The SMILES string of the molecule is O=C(c1ccc2nsnc2c1)N1C2C=CCC1CC2. The molecule has 1 saturated heterocycles. The van der Waals surface area contributed by atoms with E-state index in [1.807, 2.05) is 23.1 Å². The Bertz CT molecular complexity index is 678. The first-order valence-electron chi connectivity index (χ1n) is 6.54. The molecule has 2 aliphatic rings. The van der Waals surface area contributed by atoms with Crippen LogP contribution in [0, 0.1) is 0 Å². The monoisotopic (exact) mass is 271 g/mol. The average Bonchev–Trinajstić information content (AvgIpc) is 2.99. The van der Waals surface area contributed by atoms with Crippen LogP contribution in [0.25, 0.3) is 11.0 Å². The Morgan fingerprint density at radius 2 is 2.16 bits per heavy atom. The van der Waals surface area contributed by atoms with Crippen molar-refractivity contribution in [2.75, 3.05) is 0 Å². The molecule has 19 heavy (non-hydrogen) atoms. The first kappa shape index (κ1) is 11.1. The van der Waals surface area contributed by atoms with Crippen molar-refractivity contribution in [1.82, 2.24) is 13.6 Å². The summed E-state index contributed by atoms with van der Waals surface area (Å²) < 4.78 is 8.37. The van der Waals surface area contributed by atoms with E-state index in [-0.39, 0.29) is 11.9 Å². The van der Waals surface area contributed by atoms with E-state index >= 15 is 0 Å². The molecule has 0 aliphatic carbocycles. The lowest BCUT2D eigenvalue weighted by molar-refractivity contribution is 0.0689. The minimum Gasteiger partial charge on any atom is -0.329 e. The Morgan fingerprint density at radius 3 is 3.05 bits per heavy atom. The highest BCUT2D eigenvalue weighted by Crippen LogP contribution is 2.33. The van der Waals surface area contributed by atoms with Crippen molar-refractivity contribution in [3.8, 4) is 0 Å². The van der Waals surface area contributed by atoms with Crippen LogP contribution in [-0.2, 0) is 0 Å². The Balaban J connectivity index is 1.71. The topological polar surface area (TPSA) is 46.1 Å². The van der Waals surface area contributed by atoms with Gasteiger partial charge in [-0.15, -0.1) is 0 Å². The lowest BCUT2D eigenvalue weighted by atomic mass is 10.1. The highest BCUT2D eigenvalue weighted by molar-refractivity contribution is 7.00. The summed E-state index contributed by atoms with van der Waals surface area (Å²) >= 11 is 1.19. The third-order valence-corrected chi connectivity index (χ3v) is 4.60. The number of fused-ring (bicyclic) bond motifs is 3. The minimum absolute atomic E-state index is 0.131. The first-order chi connectivity index (χ1) is 9.33. The number of amides is 1. The van der Waals surface area contributed by atoms with Gasteiger partial charge in [0.25, 0.3) is 5.91 Å². The fourth-order valence-corrected chi connectivity index (χ4v) is 3.62. The maximum atomic E-state index is 12.7. The van der Waals surface area contributed by atoms with Crippen LogP contribution >= 0.6 is 11.7 Å². The molecule has 96 valence electrons. The number of benzene rings is 1. The number of hydrogen-bond acceptors (Lipinski definition) is 4. The van der Waals surface area contributed by atoms with Gasteiger partial charge in [0.1, 0.15) is 11.0 Å². The second-order valence-corrected chi connectivity index (χ2v) is 5.67. The van der Waals surface area contributed by atoms with Crippen LogP contribution in [0.5, 0.6) is 0 Å². The Kier molecular flexibility index (Phi) is 2.41. The third-order valence-electron chi connectivity index (χ3n) is 4.05. The molecule has 0 saturated carbocycles. The van der Waals surface area contributed by atoms with Gasteiger partial charge in [-0.05, 0) is 37.5 Å². The quantitative estimate of drug-likeness (QED) is 0.749. The van der Waals surface area contributed by atoms with E-state index in [0.29, 0.717) is 6.04 Å². The molecule has 4 nitrogen and oxygen atoms in total. The van der Waals surface area contributed by atoms with Crippen molar-refractivity contribution in [2.45, 2.75) is 31.3 Å². The van der Waals surface area contributed by atoms with E-state index in [9.17, 15) is 4.79 Å². The van der Waals surface area contributed by atoms with Crippen LogP contribution in [0.3, 0.4) is 0 Å². The van der Waals surface area contributed by atoms with E-state index in [1.165, 1.54) is 11.7 Å². The Hall–Kier alpha value is -1.75. The summed E-state index contributed by atoms with van der Waals surface area (Å²) in [6.45, 7) is 0. The molecule has 1 fully saturated rings. The summed E-state index contributed by atoms with van der Waals surface area (Å²) in [4.78, 5) is 14.7. The number of nitrogens with zero attached hydrogens (tertiary/aromatic N) is 3. The molecule has 2 bridgehead atoms. The van der Waals surface area contributed by atoms with Gasteiger partial charge in [0.2, 0.25) is 0 Å². The van der Waals surface area contributed by atoms with Gasteiger partial charge in [-0.1, -0.05) is 12.2 Å². The zero-order valence-electron chi connectivity index (χ0n) is 10.3. The van der Waals surface area contributed by atoms with Crippen LogP contribution in [0.4, 0.5) is 0 Å². The van der Waals surface area contributed by atoms with Crippen molar-refractivity contribution in [2.24, 2.45) is 0 Å². The zero-order valence-corrected chi connectivity index (χ0v) is 11.1. The summed E-state index contributed by atoms with van der Waals surface area (Å²) in [5, 5.41) is 0. The molecule has 2 atom stereocenters. The molecule has 1 aromatic heterocycles. The van der Waals surface area contributed by atoms with Crippen LogP contribution in [0.2, 0.25) is 0 Å². The van der Waals surface area contributed by atoms with Gasteiger partial charge in [-0.25, -0.2) is 0 Å². The van der Waals surface area contributed by atoms with Crippen molar-refractivity contribution >= 4 is 28.7 Å². The number of aromatic nitrogens is 2. The summed E-state index contributed by atoms with van der Waals surface area (Å²) in [6.07, 6.45) is 7.57. The predicted molar refractivity (Wildman–Crippen MR) is 74.2 cm³/mol. The second-order valence-electron chi connectivity index (χ2n) is 5.14. The van der Waals surface area contributed by atoms with Gasteiger partial charge in [-0.2, -0.15) is 8.75 Å². The van der Waals surface area contributed by atoms with Crippen LogP contribution in [0.15, 0.2) is 30.4 Å². The second kappa shape index (κ2) is 4.13. The molecule has 1 amide bonds. The smallest absolute Gasteiger partial charge is 0.254 e. The van der Waals surface area contributed by atoms with Gasteiger partial charge in [0.05, 0.1) is 17.8 Å². The maximum absolute atomic E-state index is 12.7. The molecular weight excluding hydrogens is 258 g/mol. The van der Waals surface area contributed by atoms with E-state index < -0.39 is 0 Å². The number of rotatable bonds is 1. The molecule has 4 rings (SSSR count). The normalized spacial score (nSPS) is 25.2. The van der Waals surface area contributed by atoms with Crippen LogP contribution in [0.1, 0.15) is 29.6 Å². The first-order valence-corrected chi connectivity index (χ1v) is 7.27. The highest BCUT2D eigenvalue weighted by atomic mass is 32.1. The highest BCUT2D eigenvalue weighted by Gasteiger charge is 2.37. The molecule has 0 spiro atoms. The standard InChI is InChI=1S/C14H13N3OS/c18-14(17-10-2-1-3-11(17)6-5-10)9-4-7-12-13(8-9)16-19-15-12/h1-2,4,7-8,10-11H,3,5-6H2. The fourth-order valence-electron chi connectivity index (χ4n) is 3.11. The van der Waals surface area contributed by atoms with Gasteiger partial charge in [-0.3, -0.25) is 4.79 Å². The van der Waals surface area contributed by atoms with E-state index in [0.717, 1.165) is 35.9 Å². The molecule has 2 unspecified atom stereocenters. The van der Waals surface area contributed by atoms with E-state index in [2.05, 4.69) is 20.9 Å². The maximum Gasteiger partial charge on any atom is 0.254 e. The molecule has 2 aromatic rings. The molecule has 1 aromatic carbocycles. The van der Waals surface area contributed by atoms with Crippen molar-refractivity contribution < 1.29 is 4.79 Å². The van der Waals surface area contributed by atoms with Crippen LogP contribution < -0.4 is 0 Å². The van der Waals surface area contributed by atoms with Crippen molar-refractivity contribution in [1.29, 1.82) is 0 Å². The molecule has 0 radical (unpaired) electrons. The summed E-state index contributed by atoms with van der Waals surface area (Å²) in [7, 11) is 0. The van der Waals surface area contributed by atoms with Gasteiger partial charge < -0.3 is 4.90 Å². The average molecular weight is 271 g/mol. The van der Waals surface area contributed by atoms with E-state index in [4.69, 9.17) is 0 Å². The van der Waals surface area contributed by atoms with Gasteiger partial charge in [0, 0.05) is 11.6 Å². The van der Waals surface area contributed by atoms with E-state index in [1.54, 1.807) is 0 Å². The summed E-state index contributed by atoms with van der Waals surface area (Å²) in [5.41, 5.74) is 2.41. The summed E-state index contributed by atoms with van der Waals surface area (Å²) in [5.74, 6) is 0.131. The fraction of sp³-hybridized carbons (Fsp3) is 0.357. The zero-order chi connectivity index (χ0) is 12.8. The lowest BCUT2D eigenvalue weighted by Gasteiger charge is -2.31. The van der Waals surface area contributed by atoms with Crippen molar-refractivity contribution in [3.05, 3.63) is 35.9 Å². The lowest BCUT2D eigenvalue weighted by Crippen LogP contribution is -2.42. The Morgan fingerprint density at radius 1 is 1.26 bits per heavy atom. The third kappa shape index (κ3) is 1.69. The van der Waals surface area contributed by atoms with Gasteiger partial charge in [0.15, 0.2) is 0 Å². The van der Waals surface area contributed by atoms with Crippen molar-refractivity contribution in [3.63, 3.8) is 0 Å². The minimum atomic E-state index is 0.131. The molecular formula is C14H13N3OS. The van der Waals surface area contributed by atoms with Gasteiger partial charge >= 0.3 is 0 Å². The molecule has 0 N–H and O–H groups in total. The summed E-state index contributed by atoms with van der Waals surface area (Å²) in [6, 6.07) is 6.28. The van der Waals surface area contributed by atoms with Crippen LogP contribution in [-0.4, -0.2) is 31.6 Å². The molecule has 5 heteroatoms. The predicted octanol–water partition coefficient (Wildman–Crippen LogP) is 2.62.